The van der Waals surface area contributed by atoms with Crippen LogP contribution >= 0.6 is 0 Å². The molecule has 1 N–H and O–H groups in total. The van der Waals surface area contributed by atoms with Crippen molar-refractivity contribution in [3.63, 3.8) is 0 Å². The number of ether oxygens (including phenoxy) is 3. The number of amides is 1. The quantitative estimate of drug-likeness (QED) is 0.533. The third kappa shape index (κ3) is 6.42. The van der Waals surface area contributed by atoms with E-state index < -0.39 is 24.3 Å². The van der Waals surface area contributed by atoms with Crippen molar-refractivity contribution in [1.82, 2.24) is 4.90 Å². The van der Waals surface area contributed by atoms with Crippen LogP contribution in [0.5, 0.6) is 0 Å². The SMILES string of the molecule is O=C(OCc1ccccc1)N1C[C@@H](OCc2ccccc2)[C@H](O)[C@H]1COCc1ccccc1. The molecule has 0 spiro atoms. The second-order valence-electron chi connectivity index (χ2n) is 8.09. The summed E-state index contributed by atoms with van der Waals surface area (Å²) in [6.07, 6.45) is -1.90. The molecule has 3 aromatic carbocycles. The average molecular weight is 448 g/mol. The fourth-order valence-corrected chi connectivity index (χ4v) is 3.87. The molecular formula is C27H29NO5. The van der Waals surface area contributed by atoms with Gasteiger partial charge in [-0.15, -0.1) is 0 Å². The van der Waals surface area contributed by atoms with Crippen molar-refractivity contribution < 1.29 is 24.1 Å². The predicted octanol–water partition coefficient (Wildman–Crippen LogP) is 4.17. The summed E-state index contributed by atoms with van der Waals surface area (Å²) in [5.74, 6) is 0. The van der Waals surface area contributed by atoms with Crippen molar-refractivity contribution in [2.75, 3.05) is 13.2 Å². The Morgan fingerprint density at radius 1 is 0.788 bits per heavy atom. The van der Waals surface area contributed by atoms with Crippen LogP contribution in [-0.2, 0) is 34.0 Å². The Morgan fingerprint density at radius 2 is 1.30 bits per heavy atom. The number of carbonyl (C=O) groups is 1. The number of benzene rings is 3. The Labute approximate surface area is 194 Å². The van der Waals surface area contributed by atoms with Gasteiger partial charge in [-0.1, -0.05) is 91.0 Å². The van der Waals surface area contributed by atoms with Crippen LogP contribution in [0, 0.1) is 0 Å². The standard InChI is InChI=1S/C27H29NO5/c29-26-24(20-31-17-21-10-4-1-5-11-21)28(27(30)33-19-23-14-8-3-9-15-23)16-25(26)32-18-22-12-6-2-7-13-22/h1-15,24-26,29H,16-20H2/t24-,25-,26-/m1/s1. The van der Waals surface area contributed by atoms with Crippen molar-refractivity contribution in [3.8, 4) is 0 Å². The summed E-state index contributed by atoms with van der Waals surface area (Å²) in [4.78, 5) is 14.4. The van der Waals surface area contributed by atoms with Crippen LogP contribution in [0.1, 0.15) is 16.7 Å². The maximum absolute atomic E-state index is 12.9. The highest BCUT2D eigenvalue weighted by molar-refractivity contribution is 5.69. The van der Waals surface area contributed by atoms with Crippen LogP contribution < -0.4 is 0 Å². The van der Waals surface area contributed by atoms with Gasteiger partial charge in [0.2, 0.25) is 0 Å². The molecule has 1 heterocycles. The van der Waals surface area contributed by atoms with Crippen LogP contribution in [0.4, 0.5) is 4.79 Å². The van der Waals surface area contributed by atoms with Gasteiger partial charge in [0, 0.05) is 0 Å². The van der Waals surface area contributed by atoms with Gasteiger partial charge >= 0.3 is 6.09 Å². The average Bonchev–Trinajstić information content (AvgIpc) is 3.18. The zero-order chi connectivity index (χ0) is 22.9. The predicted molar refractivity (Wildman–Crippen MR) is 124 cm³/mol. The molecule has 0 aliphatic carbocycles. The second kappa shape index (κ2) is 11.6. The molecule has 1 aliphatic rings. The third-order valence-electron chi connectivity index (χ3n) is 5.70. The molecule has 33 heavy (non-hydrogen) atoms. The topological polar surface area (TPSA) is 68.2 Å². The Balaban J connectivity index is 1.38. The molecule has 6 heteroatoms. The molecule has 6 nitrogen and oxygen atoms in total. The lowest BCUT2D eigenvalue weighted by atomic mass is 10.1. The molecule has 1 saturated heterocycles. The molecule has 0 bridgehead atoms. The largest absolute Gasteiger partial charge is 0.445 e. The van der Waals surface area contributed by atoms with Crippen LogP contribution in [0.25, 0.3) is 0 Å². The van der Waals surface area contributed by atoms with E-state index in [0.717, 1.165) is 16.7 Å². The normalized spacial score (nSPS) is 20.0. The monoisotopic (exact) mass is 447 g/mol. The van der Waals surface area contributed by atoms with E-state index in [2.05, 4.69) is 0 Å². The fourth-order valence-electron chi connectivity index (χ4n) is 3.87. The van der Waals surface area contributed by atoms with Crippen LogP contribution in [-0.4, -0.2) is 47.5 Å². The number of rotatable bonds is 9. The summed E-state index contributed by atoms with van der Waals surface area (Å²) >= 11 is 0. The van der Waals surface area contributed by atoms with Gasteiger partial charge in [0.25, 0.3) is 0 Å². The van der Waals surface area contributed by atoms with E-state index in [-0.39, 0.29) is 19.8 Å². The fraction of sp³-hybridized carbons (Fsp3) is 0.296. The van der Waals surface area contributed by atoms with Gasteiger partial charge < -0.3 is 19.3 Å². The van der Waals surface area contributed by atoms with Gasteiger partial charge in [0.05, 0.1) is 32.4 Å². The number of hydrogen-bond donors (Lipinski definition) is 1. The lowest BCUT2D eigenvalue weighted by Gasteiger charge is -2.25. The highest BCUT2D eigenvalue weighted by Gasteiger charge is 2.44. The second-order valence-corrected chi connectivity index (χ2v) is 8.09. The first-order valence-corrected chi connectivity index (χ1v) is 11.1. The molecule has 3 aromatic rings. The lowest BCUT2D eigenvalue weighted by Crippen LogP contribution is -2.43. The minimum Gasteiger partial charge on any atom is -0.445 e. The minimum absolute atomic E-state index is 0.166. The Bertz CT molecular complexity index is 983. The van der Waals surface area contributed by atoms with Gasteiger partial charge in [-0.05, 0) is 16.7 Å². The van der Waals surface area contributed by atoms with E-state index in [9.17, 15) is 9.90 Å². The molecule has 0 saturated carbocycles. The molecule has 1 aliphatic heterocycles. The molecular weight excluding hydrogens is 418 g/mol. The number of aliphatic hydroxyl groups is 1. The summed E-state index contributed by atoms with van der Waals surface area (Å²) in [5, 5.41) is 11.0. The Hall–Kier alpha value is -3.19. The highest BCUT2D eigenvalue weighted by atomic mass is 16.6. The van der Waals surface area contributed by atoms with E-state index in [0.29, 0.717) is 13.2 Å². The maximum Gasteiger partial charge on any atom is 0.410 e. The molecule has 4 rings (SSSR count). The molecule has 172 valence electrons. The van der Waals surface area contributed by atoms with Crippen molar-refractivity contribution in [3.05, 3.63) is 108 Å². The maximum atomic E-state index is 12.9. The minimum atomic E-state index is -0.881. The zero-order valence-electron chi connectivity index (χ0n) is 18.5. The van der Waals surface area contributed by atoms with Crippen molar-refractivity contribution >= 4 is 6.09 Å². The number of likely N-dealkylation sites (tertiary alicyclic amines) is 1. The first-order valence-electron chi connectivity index (χ1n) is 11.1. The Morgan fingerprint density at radius 3 is 1.88 bits per heavy atom. The molecule has 0 aromatic heterocycles. The summed E-state index contributed by atoms with van der Waals surface area (Å²) in [6, 6.07) is 28.5. The van der Waals surface area contributed by atoms with Crippen LogP contribution in [0.3, 0.4) is 0 Å². The van der Waals surface area contributed by atoms with E-state index in [1.165, 1.54) is 4.90 Å². The van der Waals surface area contributed by atoms with Gasteiger partial charge in [-0.3, -0.25) is 4.90 Å². The van der Waals surface area contributed by atoms with Gasteiger partial charge in [-0.25, -0.2) is 4.79 Å². The summed E-state index contributed by atoms with van der Waals surface area (Å²) in [6.45, 7) is 1.33. The smallest absolute Gasteiger partial charge is 0.410 e. The van der Waals surface area contributed by atoms with Crippen molar-refractivity contribution in [2.24, 2.45) is 0 Å². The Kier molecular flexibility index (Phi) is 8.09. The van der Waals surface area contributed by atoms with Crippen LogP contribution in [0.15, 0.2) is 91.0 Å². The van der Waals surface area contributed by atoms with E-state index >= 15 is 0 Å². The lowest BCUT2D eigenvalue weighted by molar-refractivity contribution is -0.0383. The zero-order valence-corrected chi connectivity index (χ0v) is 18.5. The first kappa shape index (κ1) is 23.0. The number of hydrogen-bond acceptors (Lipinski definition) is 5. The number of nitrogens with zero attached hydrogens (tertiary/aromatic N) is 1. The van der Waals surface area contributed by atoms with Crippen molar-refractivity contribution in [1.29, 1.82) is 0 Å². The van der Waals surface area contributed by atoms with E-state index in [1.54, 1.807) is 0 Å². The summed E-state index contributed by atoms with van der Waals surface area (Å²) < 4.78 is 17.4. The number of carbonyl (C=O) groups excluding carboxylic acids is 1. The van der Waals surface area contributed by atoms with Crippen molar-refractivity contribution in [2.45, 2.75) is 38.1 Å². The third-order valence-corrected chi connectivity index (χ3v) is 5.70. The van der Waals surface area contributed by atoms with Crippen LogP contribution in [0.2, 0.25) is 0 Å². The first-order chi connectivity index (χ1) is 16.2. The van der Waals surface area contributed by atoms with Gasteiger partial charge in [-0.2, -0.15) is 0 Å². The summed E-state index contributed by atoms with van der Waals surface area (Å²) in [7, 11) is 0. The van der Waals surface area contributed by atoms with Gasteiger partial charge in [0.15, 0.2) is 0 Å². The van der Waals surface area contributed by atoms with E-state index in [1.807, 2.05) is 91.0 Å². The summed E-state index contributed by atoms with van der Waals surface area (Å²) in [5.41, 5.74) is 2.94. The molecule has 0 unspecified atom stereocenters. The van der Waals surface area contributed by atoms with Gasteiger partial charge in [0.1, 0.15) is 18.8 Å². The number of aliphatic hydroxyl groups excluding tert-OH is 1. The van der Waals surface area contributed by atoms with E-state index in [4.69, 9.17) is 14.2 Å². The highest BCUT2D eigenvalue weighted by Crippen LogP contribution is 2.24. The molecule has 0 radical (unpaired) electrons. The molecule has 1 fully saturated rings. The molecule has 3 atom stereocenters. The molecule has 1 amide bonds.